The van der Waals surface area contributed by atoms with Crippen molar-refractivity contribution in [1.29, 1.82) is 0 Å². The zero-order valence-corrected chi connectivity index (χ0v) is 12.9. The quantitative estimate of drug-likeness (QED) is 0.789. The Balaban J connectivity index is 2.53. The van der Waals surface area contributed by atoms with E-state index in [1.165, 1.54) is 7.11 Å². The molecule has 0 aliphatic heterocycles. The summed E-state index contributed by atoms with van der Waals surface area (Å²) in [6.07, 6.45) is -5.47. The van der Waals surface area contributed by atoms with Gasteiger partial charge in [0.05, 0.1) is 17.7 Å². The minimum absolute atomic E-state index is 0.0328. The lowest BCUT2D eigenvalue weighted by molar-refractivity contribution is -0.138. The Kier molecular flexibility index (Phi) is 5.17. The van der Waals surface area contributed by atoms with E-state index in [1.807, 2.05) is 0 Å². The molecule has 1 fully saturated rings. The summed E-state index contributed by atoms with van der Waals surface area (Å²) >= 11 is 0. The molecule has 0 radical (unpaired) electrons. The van der Waals surface area contributed by atoms with Gasteiger partial charge < -0.3 is 9.84 Å². The van der Waals surface area contributed by atoms with Gasteiger partial charge >= 0.3 is 12.1 Å². The van der Waals surface area contributed by atoms with Gasteiger partial charge in [0.1, 0.15) is 0 Å². The Labute approximate surface area is 135 Å². The van der Waals surface area contributed by atoms with Crippen molar-refractivity contribution in [2.45, 2.75) is 50.3 Å². The lowest BCUT2D eigenvalue weighted by atomic mass is 9.79. The summed E-state index contributed by atoms with van der Waals surface area (Å²) in [5.41, 5.74) is -1.86. The van der Waals surface area contributed by atoms with Crippen molar-refractivity contribution < 1.29 is 36.6 Å². The molecule has 0 amide bonds. The molecule has 1 aliphatic rings. The van der Waals surface area contributed by atoms with Crippen LogP contribution in [0.5, 0.6) is 0 Å². The van der Waals surface area contributed by atoms with Crippen molar-refractivity contribution in [3.8, 4) is 0 Å². The summed E-state index contributed by atoms with van der Waals surface area (Å²) in [7, 11) is 1.17. The summed E-state index contributed by atoms with van der Waals surface area (Å²) in [5, 5.41) is 9.43. The average Bonchev–Trinajstić information content (AvgIpc) is 2.45. The van der Waals surface area contributed by atoms with Crippen LogP contribution in [0.25, 0.3) is 0 Å². The van der Waals surface area contributed by atoms with E-state index in [1.54, 1.807) is 0 Å². The van der Waals surface area contributed by atoms with Crippen LogP contribution in [-0.2, 0) is 17.5 Å². The van der Waals surface area contributed by atoms with Crippen LogP contribution in [0.4, 0.5) is 22.0 Å². The van der Waals surface area contributed by atoms with Gasteiger partial charge in [-0.25, -0.2) is 13.6 Å². The maximum absolute atomic E-state index is 13.3. The molecule has 1 saturated carbocycles. The van der Waals surface area contributed by atoms with Gasteiger partial charge in [0.15, 0.2) is 0 Å². The molecule has 0 heterocycles. The second kappa shape index (κ2) is 6.66. The number of methoxy groups -OCH3 is 1. The first kappa shape index (κ1) is 18.6. The molecule has 0 unspecified atom stereocenters. The largest absolute Gasteiger partial charge is 0.478 e. The maximum atomic E-state index is 13.3. The number of aromatic carboxylic acids is 1. The number of rotatable bonds is 4. The smallest absolute Gasteiger partial charge is 0.416 e. The Morgan fingerprint density at radius 2 is 1.88 bits per heavy atom. The van der Waals surface area contributed by atoms with Gasteiger partial charge in [-0.2, -0.15) is 13.2 Å². The number of alkyl halides is 5. The van der Waals surface area contributed by atoms with E-state index in [2.05, 4.69) is 0 Å². The molecule has 0 aromatic heterocycles. The second-order valence-corrected chi connectivity index (χ2v) is 5.92. The molecule has 24 heavy (non-hydrogen) atoms. The van der Waals surface area contributed by atoms with Crippen molar-refractivity contribution in [2.24, 2.45) is 0 Å². The predicted molar refractivity (Wildman–Crippen MR) is 75.3 cm³/mol. The van der Waals surface area contributed by atoms with E-state index in [4.69, 9.17) is 4.74 Å². The molecular weight excluding hydrogens is 335 g/mol. The van der Waals surface area contributed by atoms with Crippen LogP contribution in [0.2, 0.25) is 0 Å². The third kappa shape index (κ3) is 3.85. The number of carboxylic acid groups (broad SMARTS) is 1. The molecule has 0 bridgehead atoms. The molecular formula is C16H17F5O3. The number of carbonyl (C=O) groups is 1. The lowest BCUT2D eigenvalue weighted by Gasteiger charge is -2.30. The third-order valence-corrected chi connectivity index (χ3v) is 4.31. The highest BCUT2D eigenvalue weighted by Crippen LogP contribution is 2.44. The number of hydrogen-bond donors (Lipinski definition) is 1. The van der Waals surface area contributed by atoms with E-state index >= 15 is 0 Å². The van der Waals surface area contributed by atoms with Crippen LogP contribution in [0.15, 0.2) is 12.1 Å². The number of halogens is 5. The van der Waals surface area contributed by atoms with Crippen molar-refractivity contribution in [2.75, 3.05) is 7.11 Å². The topological polar surface area (TPSA) is 46.5 Å². The molecule has 1 aromatic carbocycles. The number of carboxylic acids is 1. The SMILES string of the molecule is COCc1c(C(F)(F)F)ccc(C2CCC(F)(F)CC2)c1C(=O)O. The van der Waals surface area contributed by atoms with Crippen LogP contribution < -0.4 is 0 Å². The lowest BCUT2D eigenvalue weighted by Crippen LogP contribution is -2.25. The molecule has 8 heteroatoms. The first-order valence-corrected chi connectivity index (χ1v) is 7.40. The van der Waals surface area contributed by atoms with Crippen molar-refractivity contribution in [1.82, 2.24) is 0 Å². The average molecular weight is 352 g/mol. The highest BCUT2D eigenvalue weighted by Gasteiger charge is 2.39. The van der Waals surface area contributed by atoms with Gasteiger partial charge in [0.2, 0.25) is 5.92 Å². The van der Waals surface area contributed by atoms with Crippen molar-refractivity contribution >= 4 is 5.97 Å². The summed E-state index contributed by atoms with van der Waals surface area (Å²) in [6, 6.07) is 1.91. The minimum atomic E-state index is -4.73. The summed E-state index contributed by atoms with van der Waals surface area (Å²) in [6.45, 7) is -0.521. The molecule has 1 aromatic rings. The van der Waals surface area contributed by atoms with Gasteiger partial charge in [0, 0.05) is 25.5 Å². The molecule has 2 rings (SSSR count). The van der Waals surface area contributed by atoms with E-state index in [0.29, 0.717) is 0 Å². The molecule has 134 valence electrons. The van der Waals surface area contributed by atoms with E-state index < -0.39 is 60.1 Å². The molecule has 3 nitrogen and oxygen atoms in total. The van der Waals surface area contributed by atoms with Crippen LogP contribution in [0.3, 0.4) is 0 Å². The van der Waals surface area contributed by atoms with Crippen LogP contribution in [-0.4, -0.2) is 24.1 Å². The summed E-state index contributed by atoms with van der Waals surface area (Å²) < 4.78 is 70.8. The number of benzene rings is 1. The zero-order chi connectivity index (χ0) is 18.1. The molecule has 1 N–H and O–H groups in total. The molecule has 1 aliphatic carbocycles. The van der Waals surface area contributed by atoms with E-state index in [9.17, 15) is 31.9 Å². The highest BCUT2D eigenvalue weighted by atomic mass is 19.4. The van der Waals surface area contributed by atoms with Gasteiger partial charge in [-0.15, -0.1) is 0 Å². The predicted octanol–water partition coefficient (Wildman–Crippen LogP) is 4.84. The van der Waals surface area contributed by atoms with E-state index in [0.717, 1.165) is 12.1 Å². The van der Waals surface area contributed by atoms with Crippen molar-refractivity contribution in [3.05, 3.63) is 34.4 Å². The first-order valence-electron chi connectivity index (χ1n) is 7.40. The first-order chi connectivity index (χ1) is 11.1. The molecule has 0 saturated heterocycles. The van der Waals surface area contributed by atoms with Crippen LogP contribution in [0.1, 0.15) is 58.6 Å². The number of ether oxygens (including phenoxy) is 1. The van der Waals surface area contributed by atoms with Crippen LogP contribution >= 0.6 is 0 Å². The summed E-state index contributed by atoms with van der Waals surface area (Å²) in [5.74, 6) is -4.82. The standard InChI is InChI=1S/C16H17F5O3/c1-24-8-11-12(16(19,20)21)3-2-10(13(11)14(22)23)9-4-6-15(17,18)7-5-9/h2-3,9H,4-8H2,1H3,(H,22,23). The monoisotopic (exact) mass is 352 g/mol. The Bertz CT molecular complexity index is 615. The normalized spacial score (nSPS) is 18.6. The van der Waals surface area contributed by atoms with E-state index in [-0.39, 0.29) is 18.4 Å². The third-order valence-electron chi connectivity index (χ3n) is 4.31. The van der Waals surface area contributed by atoms with Gasteiger partial charge in [-0.1, -0.05) is 6.07 Å². The Hall–Kier alpha value is -1.70. The van der Waals surface area contributed by atoms with Gasteiger partial charge in [-0.3, -0.25) is 0 Å². The Morgan fingerprint density at radius 1 is 1.29 bits per heavy atom. The maximum Gasteiger partial charge on any atom is 0.416 e. The molecule has 0 atom stereocenters. The summed E-state index contributed by atoms with van der Waals surface area (Å²) in [4.78, 5) is 11.6. The highest BCUT2D eigenvalue weighted by molar-refractivity contribution is 5.92. The van der Waals surface area contributed by atoms with Gasteiger partial charge in [0.25, 0.3) is 0 Å². The fourth-order valence-corrected chi connectivity index (χ4v) is 3.17. The molecule has 0 spiro atoms. The van der Waals surface area contributed by atoms with Crippen molar-refractivity contribution in [3.63, 3.8) is 0 Å². The fraction of sp³-hybridized carbons (Fsp3) is 0.562. The number of hydrogen-bond acceptors (Lipinski definition) is 2. The van der Waals surface area contributed by atoms with Gasteiger partial charge in [-0.05, 0) is 30.4 Å². The van der Waals surface area contributed by atoms with Crippen LogP contribution in [0, 0.1) is 0 Å². The fourth-order valence-electron chi connectivity index (χ4n) is 3.17. The second-order valence-electron chi connectivity index (χ2n) is 5.92. The zero-order valence-electron chi connectivity index (χ0n) is 12.9. The Morgan fingerprint density at radius 3 is 2.33 bits per heavy atom. The minimum Gasteiger partial charge on any atom is -0.478 e.